The molecule has 0 spiro atoms. The average molecular weight is 300 g/mol. The Bertz CT molecular complexity index is 410. The van der Waals surface area contributed by atoms with Gasteiger partial charge in [-0.05, 0) is 26.3 Å². The van der Waals surface area contributed by atoms with Crippen LogP contribution in [0.25, 0.3) is 0 Å². The summed E-state index contributed by atoms with van der Waals surface area (Å²) in [5.74, 6) is -0.400. The number of hydrogen-bond donors (Lipinski definition) is 0. The number of fused-ring (bicyclic) bond motifs is 2. The Balaban J connectivity index is 1.97. The predicted molar refractivity (Wildman–Crippen MR) is 65.2 cm³/mol. The molecule has 2 rings (SSSR count). The van der Waals surface area contributed by atoms with Crippen LogP contribution in [0.1, 0.15) is 25.7 Å². The maximum atomic E-state index is 12.2. The fourth-order valence-corrected chi connectivity index (χ4v) is 5.06. The van der Waals surface area contributed by atoms with E-state index in [1.165, 1.54) is 4.31 Å². The van der Waals surface area contributed by atoms with Crippen molar-refractivity contribution in [3.8, 4) is 0 Å². The van der Waals surface area contributed by atoms with E-state index in [1.54, 1.807) is 0 Å². The quantitative estimate of drug-likeness (QED) is 0.789. The maximum absolute atomic E-state index is 12.2. The summed E-state index contributed by atoms with van der Waals surface area (Å²) in [7, 11) is -1.62. The van der Waals surface area contributed by atoms with E-state index in [1.807, 2.05) is 7.05 Å². The van der Waals surface area contributed by atoms with E-state index in [0.29, 0.717) is 13.1 Å². The van der Waals surface area contributed by atoms with Gasteiger partial charge < -0.3 is 4.90 Å². The minimum atomic E-state index is -4.28. The van der Waals surface area contributed by atoms with Gasteiger partial charge in [0.2, 0.25) is 10.0 Å². The molecule has 0 aromatic rings. The molecule has 4 nitrogen and oxygen atoms in total. The highest BCUT2D eigenvalue weighted by atomic mass is 32.2. The molecule has 0 aliphatic carbocycles. The SMILES string of the molecule is CN1CC2CCC(C1)N2S(=O)(=O)CCCC(F)(F)F. The lowest BCUT2D eigenvalue weighted by molar-refractivity contribution is -0.134. The minimum absolute atomic E-state index is 0.0559. The molecule has 2 saturated heterocycles. The monoisotopic (exact) mass is 300 g/mol. The standard InChI is InChI=1S/C11H19F3N2O2S/c1-15-7-9-3-4-10(8-15)16(9)19(17,18)6-2-5-11(12,13)14/h9-10H,2-8H2,1H3. The third kappa shape index (κ3) is 3.61. The summed E-state index contributed by atoms with van der Waals surface area (Å²) in [5.41, 5.74) is 0. The van der Waals surface area contributed by atoms with Crippen LogP contribution < -0.4 is 0 Å². The van der Waals surface area contributed by atoms with Gasteiger partial charge >= 0.3 is 6.18 Å². The van der Waals surface area contributed by atoms with Crippen LogP contribution in [0.4, 0.5) is 13.2 Å². The van der Waals surface area contributed by atoms with Crippen molar-refractivity contribution in [3.63, 3.8) is 0 Å². The second kappa shape index (κ2) is 5.21. The highest BCUT2D eigenvalue weighted by Gasteiger charge is 2.45. The van der Waals surface area contributed by atoms with Crippen LogP contribution in [-0.4, -0.2) is 61.8 Å². The predicted octanol–water partition coefficient (Wildman–Crippen LogP) is 1.44. The Hall–Kier alpha value is -0.340. The molecule has 0 radical (unpaired) electrons. The zero-order valence-corrected chi connectivity index (χ0v) is 11.7. The van der Waals surface area contributed by atoms with Gasteiger partial charge in [0.05, 0.1) is 5.75 Å². The molecule has 2 fully saturated rings. The maximum Gasteiger partial charge on any atom is 0.389 e. The normalized spacial score (nSPS) is 29.9. The van der Waals surface area contributed by atoms with E-state index in [4.69, 9.17) is 0 Å². The Morgan fingerprint density at radius 3 is 2.16 bits per heavy atom. The van der Waals surface area contributed by atoms with Gasteiger partial charge in [0.15, 0.2) is 0 Å². The van der Waals surface area contributed by atoms with Gasteiger partial charge in [0, 0.05) is 31.6 Å². The summed E-state index contributed by atoms with van der Waals surface area (Å²) in [6.45, 7) is 1.35. The number of alkyl halides is 3. The molecule has 19 heavy (non-hydrogen) atoms. The topological polar surface area (TPSA) is 40.6 Å². The van der Waals surface area contributed by atoms with E-state index < -0.39 is 28.4 Å². The lowest BCUT2D eigenvalue weighted by atomic mass is 10.2. The van der Waals surface area contributed by atoms with Crippen LogP contribution in [-0.2, 0) is 10.0 Å². The first kappa shape index (κ1) is 15.1. The molecule has 8 heteroatoms. The number of rotatable bonds is 4. The molecule has 2 aliphatic rings. The van der Waals surface area contributed by atoms with Crippen molar-refractivity contribution >= 4 is 10.0 Å². The highest BCUT2D eigenvalue weighted by Crippen LogP contribution is 2.33. The molecule has 0 N–H and O–H groups in total. The van der Waals surface area contributed by atoms with Crippen molar-refractivity contribution in [2.24, 2.45) is 0 Å². The van der Waals surface area contributed by atoms with Crippen molar-refractivity contribution in [1.82, 2.24) is 9.21 Å². The number of sulfonamides is 1. The number of halogens is 3. The minimum Gasteiger partial charge on any atom is -0.303 e. The van der Waals surface area contributed by atoms with E-state index in [9.17, 15) is 21.6 Å². The van der Waals surface area contributed by atoms with Crippen LogP contribution in [0.2, 0.25) is 0 Å². The second-order valence-electron chi connectivity index (χ2n) is 5.47. The number of likely N-dealkylation sites (N-methyl/N-ethyl adjacent to an activating group) is 1. The van der Waals surface area contributed by atoms with Gasteiger partial charge in [-0.1, -0.05) is 0 Å². The lowest BCUT2D eigenvalue weighted by Crippen LogP contribution is -2.55. The first-order valence-electron chi connectivity index (χ1n) is 6.45. The molecule has 0 aromatic carbocycles. The summed E-state index contributed by atoms with van der Waals surface area (Å²) < 4.78 is 62.1. The van der Waals surface area contributed by atoms with Crippen LogP contribution in [0.3, 0.4) is 0 Å². The highest BCUT2D eigenvalue weighted by molar-refractivity contribution is 7.89. The van der Waals surface area contributed by atoms with E-state index in [2.05, 4.69) is 4.90 Å². The Morgan fingerprint density at radius 1 is 1.16 bits per heavy atom. The number of likely N-dealkylation sites (tertiary alicyclic amines) is 1. The molecular weight excluding hydrogens is 281 g/mol. The third-order valence-electron chi connectivity index (χ3n) is 3.78. The fourth-order valence-electron chi connectivity index (χ4n) is 3.09. The Morgan fingerprint density at radius 2 is 1.68 bits per heavy atom. The number of nitrogens with zero attached hydrogens (tertiary/aromatic N) is 2. The molecule has 0 aromatic heterocycles. The molecule has 2 bridgehead atoms. The molecule has 2 unspecified atom stereocenters. The van der Waals surface area contributed by atoms with Crippen molar-refractivity contribution < 1.29 is 21.6 Å². The van der Waals surface area contributed by atoms with Gasteiger partial charge in [0.1, 0.15) is 0 Å². The van der Waals surface area contributed by atoms with Gasteiger partial charge in [-0.25, -0.2) is 8.42 Å². The molecule has 0 amide bonds. The van der Waals surface area contributed by atoms with Gasteiger partial charge in [0.25, 0.3) is 0 Å². The summed E-state index contributed by atoms with van der Waals surface area (Å²) in [6.07, 6.45) is -4.04. The Kier molecular flexibility index (Phi) is 4.13. The van der Waals surface area contributed by atoms with Crippen LogP contribution >= 0.6 is 0 Å². The first-order valence-corrected chi connectivity index (χ1v) is 8.06. The van der Waals surface area contributed by atoms with Crippen molar-refractivity contribution in [1.29, 1.82) is 0 Å². The molecule has 112 valence electrons. The van der Waals surface area contributed by atoms with E-state index >= 15 is 0 Å². The van der Waals surface area contributed by atoms with Crippen LogP contribution in [0.15, 0.2) is 0 Å². The van der Waals surface area contributed by atoms with E-state index in [-0.39, 0.29) is 18.5 Å². The zero-order valence-electron chi connectivity index (χ0n) is 10.9. The third-order valence-corrected chi connectivity index (χ3v) is 5.82. The molecule has 0 saturated carbocycles. The molecule has 2 heterocycles. The summed E-state index contributed by atoms with van der Waals surface area (Å²) in [6, 6.07) is -0.112. The van der Waals surface area contributed by atoms with Crippen molar-refractivity contribution in [2.45, 2.75) is 43.9 Å². The van der Waals surface area contributed by atoms with E-state index in [0.717, 1.165) is 12.8 Å². The fraction of sp³-hybridized carbons (Fsp3) is 1.00. The number of hydrogen-bond acceptors (Lipinski definition) is 3. The second-order valence-corrected chi connectivity index (χ2v) is 7.46. The van der Waals surface area contributed by atoms with Gasteiger partial charge in [-0.2, -0.15) is 17.5 Å². The van der Waals surface area contributed by atoms with Crippen LogP contribution in [0, 0.1) is 0 Å². The average Bonchev–Trinajstić information content (AvgIpc) is 2.50. The largest absolute Gasteiger partial charge is 0.389 e. The first-order chi connectivity index (χ1) is 8.69. The van der Waals surface area contributed by atoms with Crippen molar-refractivity contribution in [3.05, 3.63) is 0 Å². The molecular formula is C11H19F3N2O2S. The smallest absolute Gasteiger partial charge is 0.303 e. The molecule has 2 aliphatic heterocycles. The summed E-state index contributed by atoms with van der Waals surface area (Å²) in [4.78, 5) is 2.09. The molecule has 2 atom stereocenters. The number of piperazine rings is 1. The van der Waals surface area contributed by atoms with Crippen LogP contribution in [0.5, 0.6) is 0 Å². The Labute approximate surface area is 111 Å². The lowest BCUT2D eigenvalue weighted by Gasteiger charge is -2.38. The van der Waals surface area contributed by atoms with Gasteiger partial charge in [-0.3, -0.25) is 0 Å². The van der Waals surface area contributed by atoms with Crippen molar-refractivity contribution in [2.75, 3.05) is 25.9 Å². The summed E-state index contributed by atoms with van der Waals surface area (Å²) in [5, 5.41) is 0. The zero-order chi connectivity index (χ0) is 14.3. The summed E-state index contributed by atoms with van der Waals surface area (Å²) >= 11 is 0. The van der Waals surface area contributed by atoms with Gasteiger partial charge in [-0.15, -0.1) is 0 Å².